The summed E-state index contributed by atoms with van der Waals surface area (Å²) < 4.78 is 0. The zero-order valence-electron chi connectivity index (χ0n) is 13.9. The average molecular weight is 331 g/mol. The Labute approximate surface area is 142 Å². The highest BCUT2D eigenvalue weighted by molar-refractivity contribution is 6.31. The van der Waals surface area contributed by atoms with Crippen LogP contribution in [0.15, 0.2) is 30.3 Å². The van der Waals surface area contributed by atoms with E-state index in [1.807, 2.05) is 6.07 Å². The van der Waals surface area contributed by atoms with Gasteiger partial charge in [-0.05, 0) is 26.3 Å². The molecule has 2 aromatic rings. The van der Waals surface area contributed by atoms with Crippen molar-refractivity contribution in [1.29, 1.82) is 0 Å². The lowest BCUT2D eigenvalue weighted by Crippen LogP contribution is -2.32. The summed E-state index contributed by atoms with van der Waals surface area (Å²) in [6.45, 7) is 8.99. The fraction of sp³-hybridized carbons (Fsp3) is 0.444. The molecule has 0 fully saturated rings. The highest BCUT2D eigenvalue weighted by Crippen LogP contribution is 2.26. The van der Waals surface area contributed by atoms with Gasteiger partial charge in [0.1, 0.15) is 0 Å². The van der Waals surface area contributed by atoms with Gasteiger partial charge in [0.25, 0.3) is 0 Å². The number of anilines is 1. The topological polar surface area (TPSA) is 41.1 Å². The SMILES string of the molecule is CC(C)(C)Nc1nc2c(nc1Cl)CN(Cc1ccccc1)CC2. The van der Waals surface area contributed by atoms with Gasteiger partial charge in [0.05, 0.1) is 11.4 Å². The predicted octanol–water partition coefficient (Wildman–Crippen LogP) is 3.90. The molecule has 0 bridgehead atoms. The average Bonchev–Trinajstić information content (AvgIpc) is 2.48. The third-order valence-electron chi connectivity index (χ3n) is 3.79. The first-order chi connectivity index (χ1) is 10.9. The van der Waals surface area contributed by atoms with Crippen LogP contribution >= 0.6 is 11.6 Å². The van der Waals surface area contributed by atoms with Crippen molar-refractivity contribution in [2.24, 2.45) is 0 Å². The van der Waals surface area contributed by atoms with Crippen LogP contribution in [0.2, 0.25) is 5.15 Å². The van der Waals surface area contributed by atoms with E-state index in [1.54, 1.807) is 0 Å². The summed E-state index contributed by atoms with van der Waals surface area (Å²) in [5.41, 5.74) is 3.30. The summed E-state index contributed by atoms with van der Waals surface area (Å²) in [6.07, 6.45) is 0.908. The maximum absolute atomic E-state index is 6.32. The first-order valence-corrected chi connectivity index (χ1v) is 8.38. The molecule has 0 amide bonds. The summed E-state index contributed by atoms with van der Waals surface area (Å²) in [5.74, 6) is 0.689. The standard InChI is InChI=1S/C18H23ClN4/c1-18(2,3)22-17-16(19)20-15-12-23(10-9-14(15)21-17)11-13-7-5-4-6-8-13/h4-8H,9-12H2,1-3H3,(H,21,22). The summed E-state index contributed by atoms with van der Waals surface area (Å²) in [6, 6.07) is 10.5. The van der Waals surface area contributed by atoms with Crippen LogP contribution in [0.5, 0.6) is 0 Å². The van der Waals surface area contributed by atoms with Gasteiger partial charge in [-0.3, -0.25) is 4.90 Å². The first kappa shape index (κ1) is 16.2. The number of fused-ring (bicyclic) bond motifs is 1. The highest BCUT2D eigenvalue weighted by atomic mass is 35.5. The van der Waals surface area contributed by atoms with Crippen LogP contribution in [0.1, 0.15) is 37.7 Å². The molecule has 1 aromatic carbocycles. The molecule has 122 valence electrons. The van der Waals surface area contributed by atoms with Gasteiger partial charge in [0, 0.05) is 31.6 Å². The minimum absolute atomic E-state index is 0.0828. The summed E-state index contributed by atoms with van der Waals surface area (Å²) in [7, 11) is 0. The van der Waals surface area contributed by atoms with Crippen molar-refractivity contribution in [2.75, 3.05) is 11.9 Å². The molecule has 0 radical (unpaired) electrons. The zero-order valence-corrected chi connectivity index (χ0v) is 14.7. The molecular formula is C18H23ClN4. The number of nitrogens with one attached hydrogen (secondary N) is 1. The Morgan fingerprint density at radius 2 is 1.87 bits per heavy atom. The minimum Gasteiger partial charge on any atom is -0.363 e. The van der Waals surface area contributed by atoms with Gasteiger partial charge in [0.2, 0.25) is 0 Å². The molecule has 0 spiro atoms. The Kier molecular flexibility index (Phi) is 4.55. The summed E-state index contributed by atoms with van der Waals surface area (Å²) in [4.78, 5) is 11.7. The number of halogens is 1. The third-order valence-corrected chi connectivity index (χ3v) is 4.05. The Hall–Kier alpha value is -1.65. The van der Waals surface area contributed by atoms with E-state index in [0.29, 0.717) is 11.0 Å². The highest BCUT2D eigenvalue weighted by Gasteiger charge is 2.22. The molecule has 5 heteroatoms. The van der Waals surface area contributed by atoms with Crippen molar-refractivity contribution in [2.45, 2.75) is 45.8 Å². The van der Waals surface area contributed by atoms with Gasteiger partial charge < -0.3 is 5.32 Å². The molecule has 0 saturated carbocycles. The Bertz CT molecular complexity index is 679. The van der Waals surface area contributed by atoms with E-state index < -0.39 is 0 Å². The molecular weight excluding hydrogens is 308 g/mol. The minimum atomic E-state index is -0.0828. The van der Waals surface area contributed by atoms with Crippen molar-refractivity contribution in [1.82, 2.24) is 14.9 Å². The lowest BCUT2D eigenvalue weighted by molar-refractivity contribution is 0.239. The maximum atomic E-state index is 6.32. The van der Waals surface area contributed by atoms with Crippen LogP contribution < -0.4 is 5.32 Å². The van der Waals surface area contributed by atoms with E-state index in [4.69, 9.17) is 16.6 Å². The zero-order chi connectivity index (χ0) is 16.4. The number of aromatic nitrogens is 2. The Balaban J connectivity index is 1.75. The van der Waals surface area contributed by atoms with E-state index in [9.17, 15) is 0 Å². The smallest absolute Gasteiger partial charge is 0.171 e. The Morgan fingerprint density at radius 3 is 2.57 bits per heavy atom. The third kappa shape index (κ3) is 4.21. The summed E-state index contributed by atoms with van der Waals surface area (Å²) in [5, 5.41) is 3.79. The summed E-state index contributed by atoms with van der Waals surface area (Å²) >= 11 is 6.32. The van der Waals surface area contributed by atoms with E-state index in [0.717, 1.165) is 37.4 Å². The van der Waals surface area contributed by atoms with Crippen molar-refractivity contribution in [3.05, 3.63) is 52.4 Å². The lowest BCUT2D eigenvalue weighted by atomic mass is 10.1. The molecule has 0 atom stereocenters. The fourth-order valence-electron chi connectivity index (χ4n) is 2.77. The van der Waals surface area contributed by atoms with Gasteiger partial charge in [-0.2, -0.15) is 0 Å². The number of benzene rings is 1. The molecule has 1 N–H and O–H groups in total. The molecule has 3 rings (SSSR count). The van der Waals surface area contributed by atoms with Crippen molar-refractivity contribution >= 4 is 17.4 Å². The van der Waals surface area contributed by atoms with Crippen molar-refractivity contribution in [3.63, 3.8) is 0 Å². The Morgan fingerprint density at radius 1 is 1.13 bits per heavy atom. The molecule has 0 aliphatic carbocycles. The van der Waals surface area contributed by atoms with E-state index in [1.165, 1.54) is 5.56 Å². The largest absolute Gasteiger partial charge is 0.363 e. The number of hydrogen-bond acceptors (Lipinski definition) is 4. The number of rotatable bonds is 3. The number of hydrogen-bond donors (Lipinski definition) is 1. The van der Waals surface area contributed by atoms with Crippen molar-refractivity contribution in [3.8, 4) is 0 Å². The second-order valence-corrected chi connectivity index (χ2v) is 7.44. The maximum Gasteiger partial charge on any atom is 0.171 e. The monoisotopic (exact) mass is 330 g/mol. The molecule has 2 heterocycles. The van der Waals surface area contributed by atoms with Gasteiger partial charge in [-0.15, -0.1) is 0 Å². The van der Waals surface area contributed by atoms with Crippen LogP contribution in [-0.4, -0.2) is 27.0 Å². The number of nitrogens with zero attached hydrogens (tertiary/aromatic N) is 3. The molecule has 0 unspecified atom stereocenters. The van der Waals surface area contributed by atoms with Gasteiger partial charge in [-0.25, -0.2) is 9.97 Å². The van der Waals surface area contributed by atoms with Gasteiger partial charge in [-0.1, -0.05) is 41.9 Å². The fourth-order valence-corrected chi connectivity index (χ4v) is 2.97. The molecule has 23 heavy (non-hydrogen) atoms. The second kappa shape index (κ2) is 6.46. The predicted molar refractivity (Wildman–Crippen MR) is 94.7 cm³/mol. The van der Waals surface area contributed by atoms with Crippen LogP contribution in [0.25, 0.3) is 0 Å². The second-order valence-electron chi connectivity index (χ2n) is 7.08. The molecule has 1 aliphatic rings. The van der Waals surface area contributed by atoms with Gasteiger partial charge >= 0.3 is 0 Å². The van der Waals surface area contributed by atoms with Crippen LogP contribution in [0.3, 0.4) is 0 Å². The molecule has 0 saturated heterocycles. The van der Waals surface area contributed by atoms with Crippen LogP contribution in [0.4, 0.5) is 5.82 Å². The van der Waals surface area contributed by atoms with E-state index >= 15 is 0 Å². The normalized spacial score (nSPS) is 15.3. The molecule has 1 aromatic heterocycles. The van der Waals surface area contributed by atoms with E-state index in [2.05, 4.69) is 60.2 Å². The molecule has 4 nitrogen and oxygen atoms in total. The quantitative estimate of drug-likeness (QED) is 0.926. The van der Waals surface area contributed by atoms with Crippen LogP contribution in [0, 0.1) is 0 Å². The lowest BCUT2D eigenvalue weighted by Gasteiger charge is -2.29. The van der Waals surface area contributed by atoms with Crippen LogP contribution in [-0.2, 0) is 19.5 Å². The van der Waals surface area contributed by atoms with Gasteiger partial charge in [0.15, 0.2) is 11.0 Å². The first-order valence-electron chi connectivity index (χ1n) is 8.00. The van der Waals surface area contributed by atoms with E-state index in [-0.39, 0.29) is 5.54 Å². The van der Waals surface area contributed by atoms with Crippen molar-refractivity contribution < 1.29 is 0 Å². The molecule has 1 aliphatic heterocycles.